The standard InChI is InChI=1S/C24H24FN3O2S/c25-19-10-8-17(9-11-19)15-20(27-23(29)22-7-4-14-31-22)24(30)28-13-2-1-6-21(28)18-5-3-12-26-16-18/h3-5,7-12,14,16,20-21H,1-2,6,13,15H2,(H,27,29). The van der Waals surface area contributed by atoms with Crippen molar-refractivity contribution in [2.45, 2.75) is 37.8 Å². The fourth-order valence-corrected chi connectivity index (χ4v) is 4.64. The summed E-state index contributed by atoms with van der Waals surface area (Å²) in [7, 11) is 0. The lowest BCUT2D eigenvalue weighted by Crippen LogP contribution is -2.51. The van der Waals surface area contributed by atoms with Gasteiger partial charge in [-0.2, -0.15) is 0 Å². The third-order valence-corrected chi connectivity index (χ3v) is 6.43. The number of nitrogens with zero attached hydrogens (tertiary/aromatic N) is 2. The Bertz CT molecular complexity index is 1010. The molecule has 31 heavy (non-hydrogen) atoms. The first-order valence-electron chi connectivity index (χ1n) is 10.4. The molecular weight excluding hydrogens is 413 g/mol. The number of rotatable bonds is 6. The SMILES string of the molecule is O=C(NC(Cc1ccc(F)cc1)C(=O)N1CCCCC1c1cccnc1)c1cccs1. The molecule has 2 aromatic heterocycles. The van der Waals surface area contributed by atoms with E-state index >= 15 is 0 Å². The Hall–Kier alpha value is -3.06. The van der Waals surface area contributed by atoms with Gasteiger partial charge in [0.05, 0.1) is 10.9 Å². The summed E-state index contributed by atoms with van der Waals surface area (Å²) in [6, 6.07) is 12.7. The van der Waals surface area contributed by atoms with Crippen LogP contribution in [0.25, 0.3) is 0 Å². The van der Waals surface area contributed by atoms with Crippen LogP contribution in [0.15, 0.2) is 66.3 Å². The number of thiophene rings is 1. The van der Waals surface area contributed by atoms with Crippen molar-refractivity contribution in [2.24, 2.45) is 0 Å². The van der Waals surface area contributed by atoms with Crippen LogP contribution in [0.5, 0.6) is 0 Å². The number of pyridine rings is 1. The van der Waals surface area contributed by atoms with Crippen molar-refractivity contribution in [3.05, 3.63) is 88.1 Å². The molecule has 0 saturated carbocycles. The van der Waals surface area contributed by atoms with Gasteiger partial charge in [-0.25, -0.2) is 4.39 Å². The molecule has 3 aromatic rings. The smallest absolute Gasteiger partial charge is 0.262 e. The maximum Gasteiger partial charge on any atom is 0.262 e. The summed E-state index contributed by atoms with van der Waals surface area (Å²) in [6.07, 6.45) is 6.64. The quantitative estimate of drug-likeness (QED) is 0.623. The number of hydrogen-bond acceptors (Lipinski definition) is 4. The number of piperidine rings is 1. The van der Waals surface area contributed by atoms with E-state index < -0.39 is 6.04 Å². The van der Waals surface area contributed by atoms with Crippen molar-refractivity contribution in [1.82, 2.24) is 15.2 Å². The van der Waals surface area contributed by atoms with Crippen LogP contribution < -0.4 is 5.32 Å². The fraction of sp³-hybridized carbons (Fsp3) is 0.292. The van der Waals surface area contributed by atoms with Gasteiger partial charge in [-0.1, -0.05) is 24.3 Å². The summed E-state index contributed by atoms with van der Waals surface area (Å²) in [6.45, 7) is 0.632. The normalized spacial score (nSPS) is 17.2. The van der Waals surface area contributed by atoms with E-state index in [9.17, 15) is 14.0 Å². The number of hydrogen-bond donors (Lipinski definition) is 1. The van der Waals surface area contributed by atoms with Gasteiger partial charge in [0.15, 0.2) is 0 Å². The van der Waals surface area contributed by atoms with Gasteiger partial charge in [0.25, 0.3) is 5.91 Å². The summed E-state index contributed by atoms with van der Waals surface area (Å²) in [5, 5.41) is 4.75. The second kappa shape index (κ2) is 9.83. The van der Waals surface area contributed by atoms with Crippen LogP contribution in [-0.2, 0) is 11.2 Å². The maximum atomic E-state index is 13.7. The topological polar surface area (TPSA) is 62.3 Å². The van der Waals surface area contributed by atoms with E-state index in [1.54, 1.807) is 36.7 Å². The summed E-state index contributed by atoms with van der Waals surface area (Å²) in [5.74, 6) is -0.727. The van der Waals surface area contributed by atoms with Crippen LogP contribution in [0.3, 0.4) is 0 Å². The zero-order valence-electron chi connectivity index (χ0n) is 17.0. The molecule has 1 aliphatic heterocycles. The Balaban J connectivity index is 1.59. The number of carbonyl (C=O) groups is 2. The van der Waals surface area contributed by atoms with E-state index in [0.29, 0.717) is 17.8 Å². The van der Waals surface area contributed by atoms with Crippen LogP contribution in [0, 0.1) is 5.82 Å². The molecule has 3 heterocycles. The Morgan fingerprint density at radius 1 is 1.16 bits per heavy atom. The summed E-state index contributed by atoms with van der Waals surface area (Å²) in [5.41, 5.74) is 1.79. The number of nitrogens with one attached hydrogen (secondary N) is 1. The minimum atomic E-state index is -0.739. The van der Waals surface area contributed by atoms with Crippen molar-refractivity contribution in [3.63, 3.8) is 0 Å². The first-order chi connectivity index (χ1) is 15.1. The molecule has 2 atom stereocenters. The van der Waals surface area contributed by atoms with Crippen molar-refractivity contribution in [2.75, 3.05) is 6.54 Å². The van der Waals surface area contributed by atoms with E-state index in [1.165, 1.54) is 23.5 Å². The molecule has 1 fully saturated rings. The molecule has 160 valence electrons. The van der Waals surface area contributed by atoms with Crippen LogP contribution in [0.1, 0.15) is 46.1 Å². The number of halogens is 1. The Morgan fingerprint density at radius 2 is 2.00 bits per heavy atom. The number of benzene rings is 1. The molecular formula is C24H24FN3O2S. The molecule has 0 spiro atoms. The Morgan fingerprint density at radius 3 is 2.71 bits per heavy atom. The molecule has 1 aromatic carbocycles. The fourth-order valence-electron chi connectivity index (χ4n) is 4.01. The van der Waals surface area contributed by atoms with Crippen molar-refractivity contribution >= 4 is 23.2 Å². The van der Waals surface area contributed by atoms with E-state index in [-0.39, 0.29) is 23.7 Å². The summed E-state index contributed by atoms with van der Waals surface area (Å²) >= 11 is 1.33. The molecule has 2 amide bonds. The number of aromatic nitrogens is 1. The van der Waals surface area contributed by atoms with Gasteiger partial charge in [-0.05, 0) is 60.0 Å². The lowest BCUT2D eigenvalue weighted by molar-refractivity contribution is -0.137. The van der Waals surface area contributed by atoms with E-state index in [2.05, 4.69) is 10.3 Å². The van der Waals surface area contributed by atoms with Gasteiger partial charge >= 0.3 is 0 Å². The average molecular weight is 438 g/mol. The van der Waals surface area contributed by atoms with Crippen LogP contribution in [0.2, 0.25) is 0 Å². The lowest BCUT2D eigenvalue weighted by Gasteiger charge is -2.38. The highest BCUT2D eigenvalue weighted by molar-refractivity contribution is 7.12. The minimum Gasteiger partial charge on any atom is -0.339 e. The first kappa shape index (κ1) is 21.2. The number of carbonyl (C=O) groups excluding carboxylic acids is 2. The van der Waals surface area contributed by atoms with E-state index in [4.69, 9.17) is 0 Å². The molecule has 1 aliphatic rings. The van der Waals surface area contributed by atoms with Crippen molar-refractivity contribution in [3.8, 4) is 0 Å². The van der Waals surface area contributed by atoms with Crippen LogP contribution in [-0.4, -0.2) is 34.3 Å². The zero-order chi connectivity index (χ0) is 21.6. The predicted molar refractivity (Wildman–Crippen MR) is 118 cm³/mol. The largest absolute Gasteiger partial charge is 0.339 e. The third kappa shape index (κ3) is 5.17. The molecule has 2 unspecified atom stereocenters. The Labute approximate surface area is 184 Å². The van der Waals surface area contributed by atoms with Gasteiger partial charge < -0.3 is 10.2 Å². The van der Waals surface area contributed by atoms with Crippen LogP contribution in [0.4, 0.5) is 4.39 Å². The van der Waals surface area contributed by atoms with Gasteiger partial charge in [-0.3, -0.25) is 14.6 Å². The third-order valence-electron chi connectivity index (χ3n) is 5.56. The highest BCUT2D eigenvalue weighted by Gasteiger charge is 2.33. The number of likely N-dealkylation sites (tertiary alicyclic amines) is 1. The summed E-state index contributed by atoms with van der Waals surface area (Å²) < 4.78 is 13.4. The molecule has 5 nitrogen and oxygen atoms in total. The van der Waals surface area contributed by atoms with Gasteiger partial charge in [-0.15, -0.1) is 11.3 Å². The minimum absolute atomic E-state index is 0.0655. The van der Waals surface area contributed by atoms with Crippen molar-refractivity contribution < 1.29 is 14.0 Å². The van der Waals surface area contributed by atoms with E-state index in [0.717, 1.165) is 30.4 Å². The molecule has 0 aliphatic carbocycles. The molecule has 1 N–H and O–H groups in total. The Kier molecular flexibility index (Phi) is 6.72. The molecule has 7 heteroatoms. The molecule has 4 rings (SSSR count). The highest BCUT2D eigenvalue weighted by atomic mass is 32.1. The van der Waals surface area contributed by atoms with Crippen LogP contribution >= 0.6 is 11.3 Å². The predicted octanol–water partition coefficient (Wildman–Crippen LogP) is 4.38. The zero-order valence-corrected chi connectivity index (χ0v) is 17.9. The second-order valence-electron chi connectivity index (χ2n) is 7.66. The lowest BCUT2D eigenvalue weighted by atomic mass is 9.94. The van der Waals surface area contributed by atoms with Gasteiger partial charge in [0, 0.05) is 25.4 Å². The first-order valence-corrected chi connectivity index (χ1v) is 11.3. The van der Waals surface area contributed by atoms with E-state index in [1.807, 2.05) is 22.4 Å². The van der Waals surface area contributed by atoms with Crippen molar-refractivity contribution in [1.29, 1.82) is 0 Å². The maximum absolute atomic E-state index is 13.7. The monoisotopic (exact) mass is 437 g/mol. The highest BCUT2D eigenvalue weighted by Crippen LogP contribution is 2.31. The average Bonchev–Trinajstić information content (AvgIpc) is 3.35. The summed E-state index contributed by atoms with van der Waals surface area (Å²) in [4.78, 5) is 33.1. The molecule has 0 bridgehead atoms. The van der Waals surface area contributed by atoms with Gasteiger partial charge in [0.2, 0.25) is 5.91 Å². The number of amides is 2. The second-order valence-corrected chi connectivity index (χ2v) is 8.61. The van der Waals surface area contributed by atoms with Gasteiger partial charge in [0.1, 0.15) is 11.9 Å². The molecule has 1 saturated heterocycles. The molecule has 0 radical (unpaired) electrons.